The van der Waals surface area contributed by atoms with Gasteiger partial charge in [-0.2, -0.15) is 0 Å². The number of amides is 3. The molecule has 3 rings (SSSR count). The normalized spacial score (nSPS) is 16.8. The van der Waals surface area contributed by atoms with E-state index in [-0.39, 0.29) is 18.1 Å². The number of benzene rings is 1. The van der Waals surface area contributed by atoms with E-state index >= 15 is 0 Å². The van der Waals surface area contributed by atoms with Crippen LogP contribution in [0.25, 0.3) is 0 Å². The van der Waals surface area contributed by atoms with Gasteiger partial charge in [0.05, 0.1) is 6.04 Å². The number of carbonyl (C=O) groups excluding carboxylic acids is 3. The number of hydrogen-bond donors (Lipinski definition) is 2. The van der Waals surface area contributed by atoms with Gasteiger partial charge in [-0.1, -0.05) is 35.5 Å². The molecule has 2 aromatic rings. The molecule has 0 spiro atoms. The third-order valence-corrected chi connectivity index (χ3v) is 3.84. The third-order valence-electron chi connectivity index (χ3n) is 3.84. The topological polar surface area (TPSA) is 105 Å². The standard InChI is InChI=1S/C17H18N4O4/c1-11-7-14(20-25-11)19-17(24)16(23)18-13-8-15(22)21(10-13)9-12-5-3-2-4-6-12/h2-7,13H,8-10H2,1H3,(H,18,23)(H,19,20,24). The first-order valence-corrected chi connectivity index (χ1v) is 7.88. The van der Waals surface area contributed by atoms with Gasteiger partial charge in [0.15, 0.2) is 5.82 Å². The molecule has 8 nitrogen and oxygen atoms in total. The lowest BCUT2D eigenvalue weighted by Gasteiger charge is -2.17. The average Bonchev–Trinajstić information content (AvgIpc) is 3.14. The predicted octanol–water partition coefficient (Wildman–Crippen LogP) is 0.839. The molecule has 1 aliphatic rings. The van der Waals surface area contributed by atoms with Crippen molar-refractivity contribution < 1.29 is 18.9 Å². The molecule has 1 unspecified atom stereocenters. The van der Waals surface area contributed by atoms with E-state index in [4.69, 9.17) is 4.52 Å². The van der Waals surface area contributed by atoms with Crippen molar-refractivity contribution in [2.24, 2.45) is 0 Å². The fourth-order valence-corrected chi connectivity index (χ4v) is 2.67. The van der Waals surface area contributed by atoms with Crippen LogP contribution in [0.4, 0.5) is 5.82 Å². The molecule has 1 aromatic carbocycles. The number of likely N-dealkylation sites (tertiary alicyclic amines) is 1. The van der Waals surface area contributed by atoms with Gasteiger partial charge in [-0.25, -0.2) is 0 Å². The predicted molar refractivity (Wildman–Crippen MR) is 88.3 cm³/mol. The van der Waals surface area contributed by atoms with Gasteiger partial charge >= 0.3 is 11.8 Å². The zero-order valence-corrected chi connectivity index (χ0v) is 13.7. The highest BCUT2D eigenvalue weighted by molar-refractivity contribution is 6.39. The first kappa shape index (κ1) is 16.7. The molecule has 1 aromatic heterocycles. The molecule has 0 saturated carbocycles. The molecule has 1 fully saturated rings. The fraction of sp³-hybridized carbons (Fsp3) is 0.294. The smallest absolute Gasteiger partial charge is 0.314 e. The Balaban J connectivity index is 1.52. The van der Waals surface area contributed by atoms with Gasteiger partial charge in [0, 0.05) is 25.6 Å². The summed E-state index contributed by atoms with van der Waals surface area (Å²) in [6.07, 6.45) is 0.176. The summed E-state index contributed by atoms with van der Waals surface area (Å²) in [6.45, 7) is 2.53. The molecule has 1 atom stereocenters. The van der Waals surface area contributed by atoms with Gasteiger partial charge < -0.3 is 14.7 Å². The molecule has 3 amide bonds. The molecule has 25 heavy (non-hydrogen) atoms. The largest absolute Gasteiger partial charge is 0.360 e. The number of aryl methyl sites for hydroxylation is 1. The van der Waals surface area contributed by atoms with Gasteiger partial charge in [0.25, 0.3) is 0 Å². The van der Waals surface area contributed by atoms with Crippen LogP contribution in [0, 0.1) is 6.92 Å². The number of nitrogens with one attached hydrogen (secondary N) is 2. The van der Waals surface area contributed by atoms with Gasteiger partial charge in [-0.15, -0.1) is 0 Å². The second-order valence-corrected chi connectivity index (χ2v) is 5.91. The Bertz CT molecular complexity index is 787. The Labute approximate surface area is 144 Å². The minimum absolute atomic E-state index is 0.0540. The van der Waals surface area contributed by atoms with Crippen molar-refractivity contribution in [1.29, 1.82) is 0 Å². The van der Waals surface area contributed by atoms with E-state index in [1.165, 1.54) is 6.07 Å². The first-order valence-electron chi connectivity index (χ1n) is 7.88. The number of anilines is 1. The monoisotopic (exact) mass is 342 g/mol. The van der Waals surface area contributed by atoms with Crippen LogP contribution in [-0.4, -0.2) is 40.4 Å². The maximum absolute atomic E-state index is 12.1. The Morgan fingerprint density at radius 3 is 2.72 bits per heavy atom. The fourth-order valence-electron chi connectivity index (χ4n) is 2.67. The zero-order valence-electron chi connectivity index (χ0n) is 13.7. The lowest BCUT2D eigenvalue weighted by Crippen LogP contribution is -2.43. The summed E-state index contributed by atoms with van der Waals surface area (Å²) < 4.78 is 4.82. The van der Waals surface area contributed by atoms with Crippen molar-refractivity contribution in [2.75, 3.05) is 11.9 Å². The Morgan fingerprint density at radius 2 is 2.04 bits per heavy atom. The summed E-state index contributed by atoms with van der Waals surface area (Å²) in [5.41, 5.74) is 1.02. The van der Waals surface area contributed by atoms with Crippen LogP contribution < -0.4 is 10.6 Å². The maximum atomic E-state index is 12.1. The molecule has 2 N–H and O–H groups in total. The van der Waals surface area contributed by atoms with Gasteiger partial charge in [0.2, 0.25) is 5.91 Å². The SMILES string of the molecule is Cc1cc(NC(=O)C(=O)NC2CC(=O)N(Cc3ccccc3)C2)no1. The van der Waals surface area contributed by atoms with Gasteiger partial charge in [0.1, 0.15) is 5.76 Å². The van der Waals surface area contributed by atoms with E-state index in [1.807, 2.05) is 30.3 Å². The van der Waals surface area contributed by atoms with E-state index < -0.39 is 17.9 Å². The van der Waals surface area contributed by atoms with Crippen molar-refractivity contribution in [2.45, 2.75) is 25.9 Å². The van der Waals surface area contributed by atoms with Crippen molar-refractivity contribution in [1.82, 2.24) is 15.4 Å². The number of nitrogens with zero attached hydrogens (tertiary/aromatic N) is 2. The summed E-state index contributed by atoms with van der Waals surface area (Å²) in [5, 5.41) is 8.52. The lowest BCUT2D eigenvalue weighted by atomic mass is 10.2. The first-order chi connectivity index (χ1) is 12.0. The highest BCUT2D eigenvalue weighted by atomic mass is 16.5. The maximum Gasteiger partial charge on any atom is 0.314 e. The molecule has 2 heterocycles. The van der Waals surface area contributed by atoms with Crippen LogP contribution in [0.1, 0.15) is 17.7 Å². The summed E-state index contributed by atoms with van der Waals surface area (Å²) >= 11 is 0. The van der Waals surface area contributed by atoms with Crippen LogP contribution in [0.2, 0.25) is 0 Å². The molecule has 0 radical (unpaired) electrons. The Hall–Kier alpha value is -3.16. The summed E-state index contributed by atoms with van der Waals surface area (Å²) in [4.78, 5) is 37.6. The molecule has 1 aliphatic heterocycles. The quantitative estimate of drug-likeness (QED) is 0.801. The third kappa shape index (κ3) is 4.23. The zero-order chi connectivity index (χ0) is 17.8. The highest BCUT2D eigenvalue weighted by Gasteiger charge is 2.31. The van der Waals surface area contributed by atoms with Crippen molar-refractivity contribution in [3.8, 4) is 0 Å². The van der Waals surface area contributed by atoms with E-state index in [0.717, 1.165) is 5.56 Å². The molecular weight excluding hydrogens is 324 g/mol. The lowest BCUT2D eigenvalue weighted by molar-refractivity contribution is -0.136. The van der Waals surface area contributed by atoms with Crippen LogP contribution >= 0.6 is 0 Å². The van der Waals surface area contributed by atoms with Crippen LogP contribution in [0.15, 0.2) is 40.9 Å². The average molecular weight is 342 g/mol. The van der Waals surface area contributed by atoms with Crippen molar-refractivity contribution in [3.05, 3.63) is 47.7 Å². The number of rotatable bonds is 4. The van der Waals surface area contributed by atoms with Crippen molar-refractivity contribution in [3.63, 3.8) is 0 Å². The van der Waals surface area contributed by atoms with E-state index in [2.05, 4.69) is 15.8 Å². The van der Waals surface area contributed by atoms with Gasteiger partial charge in [-0.05, 0) is 12.5 Å². The van der Waals surface area contributed by atoms with E-state index in [9.17, 15) is 14.4 Å². The second kappa shape index (κ2) is 7.16. The second-order valence-electron chi connectivity index (χ2n) is 5.91. The molecule has 0 aliphatic carbocycles. The molecule has 1 saturated heterocycles. The van der Waals surface area contributed by atoms with Crippen LogP contribution in [-0.2, 0) is 20.9 Å². The number of carbonyl (C=O) groups is 3. The molecule has 130 valence electrons. The summed E-state index contributed by atoms with van der Waals surface area (Å²) in [5.74, 6) is -1.01. The van der Waals surface area contributed by atoms with E-state index in [0.29, 0.717) is 18.8 Å². The van der Waals surface area contributed by atoms with Gasteiger partial charge in [-0.3, -0.25) is 19.7 Å². The highest BCUT2D eigenvalue weighted by Crippen LogP contribution is 2.15. The minimum Gasteiger partial charge on any atom is -0.360 e. The summed E-state index contributed by atoms with van der Waals surface area (Å²) in [6, 6.07) is 10.7. The molecule has 8 heteroatoms. The van der Waals surface area contributed by atoms with Crippen LogP contribution in [0.5, 0.6) is 0 Å². The van der Waals surface area contributed by atoms with Crippen LogP contribution in [0.3, 0.4) is 0 Å². The molecule has 0 bridgehead atoms. The minimum atomic E-state index is -0.845. The Morgan fingerprint density at radius 1 is 1.28 bits per heavy atom. The molecular formula is C17H18N4O4. The van der Waals surface area contributed by atoms with E-state index in [1.54, 1.807) is 11.8 Å². The summed E-state index contributed by atoms with van der Waals surface area (Å²) in [7, 11) is 0. The Kier molecular flexibility index (Phi) is 4.78. The van der Waals surface area contributed by atoms with Crippen molar-refractivity contribution >= 4 is 23.5 Å². The number of aromatic nitrogens is 1. The number of hydrogen-bond acceptors (Lipinski definition) is 5.